The molecule has 0 bridgehead atoms. The highest BCUT2D eigenvalue weighted by Crippen LogP contribution is 2.32. The van der Waals surface area contributed by atoms with Crippen LogP contribution in [-0.4, -0.2) is 53.3 Å². The fourth-order valence-electron chi connectivity index (χ4n) is 2.56. The van der Waals surface area contributed by atoms with Crippen LogP contribution in [0.15, 0.2) is 41.3 Å². The lowest BCUT2D eigenvalue weighted by Gasteiger charge is -2.14. The van der Waals surface area contributed by atoms with Crippen molar-refractivity contribution in [2.45, 2.75) is 18.2 Å². The second-order valence-electron chi connectivity index (χ2n) is 6.68. The van der Waals surface area contributed by atoms with Crippen LogP contribution in [0.3, 0.4) is 0 Å². The van der Waals surface area contributed by atoms with Crippen molar-refractivity contribution in [3.8, 4) is 11.5 Å². The number of sulfone groups is 1. The third-order valence-corrected chi connectivity index (χ3v) is 5.21. The van der Waals surface area contributed by atoms with E-state index >= 15 is 0 Å². The molecule has 0 atom stereocenters. The summed E-state index contributed by atoms with van der Waals surface area (Å²) in [5.41, 5.74) is 1.94. The van der Waals surface area contributed by atoms with Crippen molar-refractivity contribution in [1.82, 2.24) is 4.90 Å². The first kappa shape index (κ1) is 20.9. The number of nitrogens with zero attached hydrogens (tertiary/aromatic N) is 1. The van der Waals surface area contributed by atoms with E-state index in [2.05, 4.69) is 4.90 Å². The first-order valence-electron chi connectivity index (χ1n) is 8.46. The number of carbonyl (C=O) groups is 1. The average Bonchev–Trinajstić information content (AvgIpc) is 2.59. The number of benzene rings is 2. The molecule has 2 aromatic rings. The highest BCUT2D eigenvalue weighted by Gasteiger charge is 2.21. The molecule has 0 saturated carbocycles. The Morgan fingerprint density at radius 2 is 1.74 bits per heavy atom. The van der Waals surface area contributed by atoms with Crippen molar-refractivity contribution in [3.63, 3.8) is 0 Å². The molecule has 0 aliphatic carbocycles. The molecular formula is C20H25NO5S. The van der Waals surface area contributed by atoms with Crippen LogP contribution in [0.4, 0.5) is 0 Å². The molecule has 146 valence electrons. The molecular weight excluding hydrogens is 366 g/mol. The first-order chi connectivity index (χ1) is 12.6. The maximum Gasteiger partial charge on any atom is 0.338 e. The molecule has 27 heavy (non-hydrogen) atoms. The highest BCUT2D eigenvalue weighted by molar-refractivity contribution is 7.90. The zero-order chi connectivity index (χ0) is 20.2. The highest BCUT2D eigenvalue weighted by atomic mass is 32.2. The summed E-state index contributed by atoms with van der Waals surface area (Å²) < 4.78 is 34.9. The normalized spacial score (nSPS) is 11.5. The summed E-state index contributed by atoms with van der Waals surface area (Å²) in [5.74, 6) is 0.122. The van der Waals surface area contributed by atoms with Crippen molar-refractivity contribution < 1.29 is 22.7 Å². The number of carbonyl (C=O) groups excluding carboxylic acids is 1. The zero-order valence-electron chi connectivity index (χ0n) is 16.3. The Hall–Kier alpha value is -2.38. The van der Waals surface area contributed by atoms with Crippen molar-refractivity contribution in [2.24, 2.45) is 0 Å². The van der Waals surface area contributed by atoms with E-state index in [1.807, 2.05) is 26.2 Å². The lowest BCUT2D eigenvalue weighted by atomic mass is 10.1. The number of rotatable bonds is 7. The third-order valence-electron chi connectivity index (χ3n) is 4.09. The molecule has 0 aromatic heterocycles. The Kier molecular flexibility index (Phi) is 6.62. The van der Waals surface area contributed by atoms with E-state index in [-0.39, 0.29) is 16.2 Å². The van der Waals surface area contributed by atoms with E-state index in [1.165, 1.54) is 13.2 Å². The van der Waals surface area contributed by atoms with Crippen LogP contribution in [0.5, 0.6) is 11.5 Å². The van der Waals surface area contributed by atoms with Gasteiger partial charge in [0.15, 0.2) is 9.84 Å². The fraction of sp³-hybridized carbons (Fsp3) is 0.350. The molecule has 7 heteroatoms. The summed E-state index contributed by atoms with van der Waals surface area (Å²) in [6.45, 7) is 2.64. The molecule has 0 heterocycles. The van der Waals surface area contributed by atoms with Crippen LogP contribution in [0.1, 0.15) is 21.5 Å². The van der Waals surface area contributed by atoms with Crippen LogP contribution in [0, 0.1) is 6.92 Å². The molecule has 0 aliphatic heterocycles. The standard InChI is InChI=1S/C20H25NO5S/c1-14-12-18(19(27(5,23)24)13-17(14)20(22)25-4)26-16-8-6-15(7-9-16)10-11-21(2)3/h6-9,12-13H,10-11H2,1-5H3. The zero-order valence-corrected chi connectivity index (χ0v) is 17.1. The van der Waals surface area contributed by atoms with Gasteiger partial charge in [0.2, 0.25) is 0 Å². The van der Waals surface area contributed by atoms with E-state index in [4.69, 9.17) is 9.47 Å². The molecule has 0 saturated heterocycles. The van der Waals surface area contributed by atoms with E-state index in [9.17, 15) is 13.2 Å². The second-order valence-corrected chi connectivity index (χ2v) is 8.66. The van der Waals surface area contributed by atoms with Gasteiger partial charge in [0.05, 0.1) is 12.7 Å². The van der Waals surface area contributed by atoms with Gasteiger partial charge in [0, 0.05) is 12.8 Å². The van der Waals surface area contributed by atoms with Gasteiger partial charge in [-0.2, -0.15) is 0 Å². The van der Waals surface area contributed by atoms with Crippen molar-refractivity contribution in [3.05, 3.63) is 53.1 Å². The number of aryl methyl sites for hydroxylation is 1. The van der Waals surface area contributed by atoms with Gasteiger partial charge in [-0.05, 0) is 62.8 Å². The summed E-state index contributed by atoms with van der Waals surface area (Å²) in [6.07, 6.45) is 1.99. The molecule has 0 unspecified atom stereocenters. The lowest BCUT2D eigenvalue weighted by molar-refractivity contribution is 0.0599. The van der Waals surface area contributed by atoms with Crippen molar-refractivity contribution >= 4 is 15.8 Å². The summed E-state index contributed by atoms with van der Waals surface area (Å²) in [5, 5.41) is 0. The quantitative estimate of drug-likeness (QED) is 0.676. The van der Waals surface area contributed by atoms with Gasteiger partial charge in [-0.3, -0.25) is 0 Å². The molecule has 0 fully saturated rings. The Balaban J connectivity index is 2.35. The number of likely N-dealkylation sites (N-methyl/N-ethyl adjacent to an activating group) is 1. The number of esters is 1. The number of methoxy groups -OCH3 is 1. The number of ether oxygens (including phenoxy) is 2. The SMILES string of the molecule is COC(=O)c1cc(S(C)(=O)=O)c(Oc2ccc(CCN(C)C)cc2)cc1C. The molecule has 0 amide bonds. The molecule has 2 rings (SSSR count). The summed E-state index contributed by atoms with van der Waals surface area (Å²) in [7, 11) is 1.69. The van der Waals surface area contributed by atoms with Gasteiger partial charge in [0.1, 0.15) is 16.4 Å². The smallest absolute Gasteiger partial charge is 0.338 e. The third kappa shape index (κ3) is 5.55. The second kappa shape index (κ2) is 8.54. The number of hydrogen-bond donors (Lipinski definition) is 0. The molecule has 0 N–H and O–H groups in total. The Morgan fingerprint density at radius 1 is 1.11 bits per heavy atom. The van der Waals surface area contributed by atoms with Gasteiger partial charge in [-0.25, -0.2) is 13.2 Å². The van der Waals surface area contributed by atoms with E-state index in [0.29, 0.717) is 11.3 Å². The topological polar surface area (TPSA) is 72.9 Å². The van der Waals surface area contributed by atoms with Crippen molar-refractivity contribution in [1.29, 1.82) is 0 Å². The molecule has 0 spiro atoms. The van der Waals surface area contributed by atoms with Gasteiger partial charge in [0.25, 0.3) is 0 Å². The Morgan fingerprint density at radius 3 is 2.26 bits per heavy atom. The predicted octanol–water partition coefficient (Wildman–Crippen LogP) is 3.08. The predicted molar refractivity (Wildman–Crippen MR) is 104 cm³/mol. The maximum absolute atomic E-state index is 12.2. The Bertz CT molecular complexity index is 918. The van der Waals surface area contributed by atoms with Gasteiger partial charge in [-0.15, -0.1) is 0 Å². The minimum Gasteiger partial charge on any atom is -0.465 e. The van der Waals surface area contributed by atoms with E-state index in [0.717, 1.165) is 24.8 Å². The summed E-state index contributed by atoms with van der Waals surface area (Å²) in [6, 6.07) is 10.4. The van der Waals surface area contributed by atoms with Crippen LogP contribution in [0.25, 0.3) is 0 Å². The monoisotopic (exact) mass is 391 g/mol. The average molecular weight is 391 g/mol. The minimum absolute atomic E-state index is 0.0508. The number of hydrogen-bond acceptors (Lipinski definition) is 6. The minimum atomic E-state index is -3.60. The van der Waals surface area contributed by atoms with Crippen LogP contribution >= 0.6 is 0 Å². The Labute approximate surface area is 160 Å². The van der Waals surface area contributed by atoms with Crippen LogP contribution in [-0.2, 0) is 21.0 Å². The fourth-order valence-corrected chi connectivity index (χ4v) is 3.36. The van der Waals surface area contributed by atoms with Crippen LogP contribution < -0.4 is 4.74 Å². The van der Waals surface area contributed by atoms with Crippen molar-refractivity contribution in [2.75, 3.05) is 34.0 Å². The summed E-state index contributed by atoms with van der Waals surface area (Å²) in [4.78, 5) is 13.9. The van der Waals surface area contributed by atoms with Gasteiger partial charge in [-0.1, -0.05) is 12.1 Å². The largest absolute Gasteiger partial charge is 0.465 e. The summed E-state index contributed by atoms with van der Waals surface area (Å²) >= 11 is 0. The molecule has 2 aromatic carbocycles. The van der Waals surface area contributed by atoms with E-state index < -0.39 is 15.8 Å². The van der Waals surface area contributed by atoms with Crippen LogP contribution in [0.2, 0.25) is 0 Å². The lowest BCUT2D eigenvalue weighted by Crippen LogP contribution is -2.14. The van der Waals surface area contributed by atoms with Gasteiger partial charge >= 0.3 is 5.97 Å². The molecule has 6 nitrogen and oxygen atoms in total. The first-order valence-corrected chi connectivity index (χ1v) is 10.4. The maximum atomic E-state index is 12.2. The molecule has 0 radical (unpaired) electrons. The molecule has 0 aliphatic rings. The van der Waals surface area contributed by atoms with E-state index in [1.54, 1.807) is 25.1 Å². The van der Waals surface area contributed by atoms with Gasteiger partial charge < -0.3 is 14.4 Å².